The van der Waals surface area contributed by atoms with Crippen molar-refractivity contribution < 1.29 is 4.43 Å². The van der Waals surface area contributed by atoms with Crippen LogP contribution in [0, 0.1) is 5.92 Å². The molecular formula is C8H19OSi. The van der Waals surface area contributed by atoms with Gasteiger partial charge in [0.15, 0.2) is 0 Å². The Morgan fingerprint density at radius 2 is 1.80 bits per heavy atom. The molecule has 0 saturated heterocycles. The maximum absolute atomic E-state index is 5.70. The van der Waals surface area contributed by atoms with E-state index in [2.05, 4.69) is 33.9 Å². The lowest BCUT2D eigenvalue weighted by molar-refractivity contribution is 0.160. The zero-order valence-corrected chi connectivity index (χ0v) is 8.77. The summed E-state index contributed by atoms with van der Waals surface area (Å²) >= 11 is 0. The topological polar surface area (TPSA) is 9.23 Å². The molecule has 0 aromatic rings. The minimum Gasteiger partial charge on any atom is -0.414 e. The molecule has 0 rings (SSSR count). The van der Waals surface area contributed by atoms with Gasteiger partial charge in [-0.15, -0.1) is 0 Å². The van der Waals surface area contributed by atoms with Crippen LogP contribution in [0.15, 0.2) is 0 Å². The molecule has 0 amide bonds. The van der Waals surface area contributed by atoms with E-state index in [0.717, 1.165) is 0 Å². The Bertz CT molecular complexity index is 83.3. The summed E-state index contributed by atoms with van der Waals surface area (Å²) in [6, 6.07) is 0. The average Bonchev–Trinajstić information content (AvgIpc) is 1.85. The van der Waals surface area contributed by atoms with Crippen molar-refractivity contribution in [1.29, 1.82) is 0 Å². The van der Waals surface area contributed by atoms with Gasteiger partial charge < -0.3 is 4.43 Å². The molecule has 1 nitrogen and oxygen atoms in total. The van der Waals surface area contributed by atoms with Gasteiger partial charge in [-0.25, -0.2) is 0 Å². The first-order valence-corrected chi connectivity index (χ1v) is 6.45. The summed E-state index contributed by atoms with van der Waals surface area (Å²) in [7, 11) is -0.488. The zero-order valence-electron chi connectivity index (χ0n) is 7.77. The van der Waals surface area contributed by atoms with Crippen LogP contribution in [-0.4, -0.2) is 15.1 Å². The van der Waals surface area contributed by atoms with Crippen LogP contribution in [-0.2, 0) is 4.43 Å². The van der Waals surface area contributed by atoms with Gasteiger partial charge in [0.05, 0.1) is 0 Å². The van der Waals surface area contributed by atoms with Gasteiger partial charge in [0.1, 0.15) is 0 Å². The van der Waals surface area contributed by atoms with Crippen LogP contribution in [0.2, 0.25) is 13.1 Å². The van der Waals surface area contributed by atoms with E-state index in [1.807, 2.05) is 0 Å². The molecule has 0 bridgehead atoms. The number of rotatable bonds is 4. The third kappa shape index (κ3) is 4.07. The molecule has 61 valence electrons. The lowest BCUT2D eigenvalue weighted by Crippen LogP contribution is -2.23. The maximum atomic E-state index is 5.70. The molecule has 2 heteroatoms. The zero-order chi connectivity index (χ0) is 8.15. The maximum Gasteiger partial charge on any atom is 0.205 e. The highest BCUT2D eigenvalue weighted by Crippen LogP contribution is 2.11. The Morgan fingerprint density at radius 3 is 2.10 bits per heavy atom. The van der Waals surface area contributed by atoms with Crippen LogP contribution in [0.1, 0.15) is 27.2 Å². The van der Waals surface area contributed by atoms with Crippen molar-refractivity contribution >= 4 is 9.04 Å². The Kier molecular flexibility index (Phi) is 5.00. The molecular weight excluding hydrogens is 140 g/mol. The Hall–Kier alpha value is 0.177. The highest BCUT2D eigenvalue weighted by Gasteiger charge is 2.11. The van der Waals surface area contributed by atoms with E-state index in [-0.39, 0.29) is 0 Å². The summed E-state index contributed by atoms with van der Waals surface area (Å²) in [6.45, 7) is 11.0. The van der Waals surface area contributed by atoms with E-state index >= 15 is 0 Å². The molecule has 0 aliphatic heterocycles. The first kappa shape index (κ1) is 10.2. The van der Waals surface area contributed by atoms with Gasteiger partial charge >= 0.3 is 0 Å². The van der Waals surface area contributed by atoms with Crippen molar-refractivity contribution in [3.05, 3.63) is 0 Å². The normalized spacial score (nSPS) is 17.4. The summed E-state index contributed by atoms with van der Waals surface area (Å²) in [5.74, 6) is 0.708. The molecule has 0 aliphatic carbocycles. The number of hydrogen-bond acceptors (Lipinski definition) is 1. The highest BCUT2D eigenvalue weighted by molar-refractivity contribution is 6.48. The third-order valence-electron chi connectivity index (χ3n) is 1.87. The Morgan fingerprint density at radius 1 is 1.30 bits per heavy atom. The van der Waals surface area contributed by atoms with Gasteiger partial charge in [-0.3, -0.25) is 0 Å². The fraction of sp³-hybridized carbons (Fsp3) is 1.00. The molecule has 1 radical (unpaired) electrons. The Labute approximate surface area is 66.5 Å². The molecule has 0 aromatic carbocycles. The molecule has 0 N–H and O–H groups in total. The first-order valence-electron chi connectivity index (χ1n) is 4.04. The summed E-state index contributed by atoms with van der Waals surface area (Å²) in [4.78, 5) is 0. The molecule has 2 atom stereocenters. The van der Waals surface area contributed by atoms with Crippen molar-refractivity contribution in [2.75, 3.05) is 0 Å². The smallest absolute Gasteiger partial charge is 0.205 e. The molecule has 0 spiro atoms. The molecule has 10 heavy (non-hydrogen) atoms. The summed E-state index contributed by atoms with van der Waals surface area (Å²) in [5.41, 5.74) is 0. The second-order valence-electron chi connectivity index (χ2n) is 3.12. The monoisotopic (exact) mass is 159 g/mol. The van der Waals surface area contributed by atoms with Crippen molar-refractivity contribution in [2.24, 2.45) is 5.92 Å². The van der Waals surface area contributed by atoms with Crippen molar-refractivity contribution in [1.82, 2.24) is 0 Å². The predicted molar refractivity (Wildman–Crippen MR) is 47.5 cm³/mol. The molecule has 2 unspecified atom stereocenters. The molecule has 0 aromatic heterocycles. The minimum absolute atomic E-state index is 0.453. The lowest BCUT2D eigenvalue weighted by atomic mass is 10.0. The van der Waals surface area contributed by atoms with Gasteiger partial charge in [-0.05, 0) is 25.9 Å². The molecule has 0 aliphatic rings. The number of hydrogen-bond donors (Lipinski definition) is 0. The largest absolute Gasteiger partial charge is 0.414 e. The summed E-state index contributed by atoms with van der Waals surface area (Å²) < 4.78 is 5.70. The van der Waals surface area contributed by atoms with E-state index in [1.54, 1.807) is 0 Å². The van der Waals surface area contributed by atoms with Crippen LogP contribution in [0.3, 0.4) is 0 Å². The molecule has 0 fully saturated rings. The third-order valence-corrected chi connectivity index (χ3v) is 2.71. The van der Waals surface area contributed by atoms with Crippen LogP contribution < -0.4 is 0 Å². The second kappa shape index (κ2) is 4.91. The van der Waals surface area contributed by atoms with Crippen molar-refractivity contribution in [2.45, 2.75) is 46.4 Å². The van der Waals surface area contributed by atoms with Gasteiger partial charge in [0, 0.05) is 6.10 Å². The van der Waals surface area contributed by atoms with E-state index in [9.17, 15) is 0 Å². The molecule has 0 heterocycles. The predicted octanol–water partition coefficient (Wildman–Crippen LogP) is 2.69. The van der Waals surface area contributed by atoms with Gasteiger partial charge in [0.2, 0.25) is 9.04 Å². The van der Waals surface area contributed by atoms with Crippen molar-refractivity contribution in [3.8, 4) is 0 Å². The van der Waals surface area contributed by atoms with Gasteiger partial charge in [0.25, 0.3) is 0 Å². The van der Waals surface area contributed by atoms with Crippen LogP contribution in [0.5, 0.6) is 0 Å². The lowest BCUT2D eigenvalue weighted by Gasteiger charge is -2.20. The standard InChI is InChI=1S/C8H19OSi/c1-6-7(2)8(3)9-10(4)5/h7-8H,6H2,1-5H3. The van der Waals surface area contributed by atoms with Crippen LogP contribution >= 0.6 is 0 Å². The van der Waals surface area contributed by atoms with Crippen molar-refractivity contribution in [3.63, 3.8) is 0 Å². The van der Waals surface area contributed by atoms with E-state index in [4.69, 9.17) is 4.43 Å². The second-order valence-corrected chi connectivity index (χ2v) is 5.17. The fourth-order valence-electron chi connectivity index (χ4n) is 0.820. The quantitative estimate of drug-likeness (QED) is 0.573. The first-order chi connectivity index (χ1) is 4.57. The van der Waals surface area contributed by atoms with Crippen LogP contribution in [0.25, 0.3) is 0 Å². The average molecular weight is 159 g/mol. The summed E-state index contributed by atoms with van der Waals surface area (Å²) in [6.07, 6.45) is 1.67. The van der Waals surface area contributed by atoms with E-state index in [0.29, 0.717) is 12.0 Å². The Balaban J connectivity index is 3.50. The van der Waals surface area contributed by atoms with Gasteiger partial charge in [-0.1, -0.05) is 20.3 Å². The van der Waals surface area contributed by atoms with E-state index in [1.165, 1.54) is 6.42 Å². The SMILES string of the molecule is CCC(C)C(C)O[Si](C)C. The fourth-order valence-corrected chi connectivity index (χ4v) is 1.80. The van der Waals surface area contributed by atoms with Crippen LogP contribution in [0.4, 0.5) is 0 Å². The summed E-state index contributed by atoms with van der Waals surface area (Å²) in [5, 5.41) is 0. The molecule has 0 saturated carbocycles. The van der Waals surface area contributed by atoms with Gasteiger partial charge in [-0.2, -0.15) is 0 Å². The minimum atomic E-state index is -0.488. The van der Waals surface area contributed by atoms with E-state index < -0.39 is 9.04 Å². The highest BCUT2D eigenvalue weighted by atomic mass is 28.3.